The first-order valence-corrected chi connectivity index (χ1v) is 15.8. The number of imidazole rings is 1. The van der Waals surface area contributed by atoms with E-state index >= 15 is 0 Å². The number of hydrogen-bond donors (Lipinski definition) is 1. The normalized spacial score (nSPS) is 19.7. The molecule has 0 saturated carbocycles. The van der Waals surface area contributed by atoms with Crippen molar-refractivity contribution in [2.45, 2.75) is 98.3 Å². The van der Waals surface area contributed by atoms with E-state index in [0.29, 0.717) is 64.5 Å². The van der Waals surface area contributed by atoms with Gasteiger partial charge in [-0.3, -0.25) is 9.59 Å². The Labute approximate surface area is 251 Å². The van der Waals surface area contributed by atoms with Crippen LogP contribution in [-0.2, 0) is 27.2 Å². The predicted molar refractivity (Wildman–Crippen MR) is 160 cm³/mol. The summed E-state index contributed by atoms with van der Waals surface area (Å²) in [5.74, 6) is 0.443. The SMILES string of the molecule is CCCCc1ncc(C(=O)N(CC(C)C)[C@H]2C[C@@H](C(=O)N3CCOCC3)CN(C(=O)OC(C)(C)C)C2)n1CCCCO. The summed E-state index contributed by atoms with van der Waals surface area (Å²) < 4.78 is 13.2. The van der Waals surface area contributed by atoms with Gasteiger partial charge in [-0.15, -0.1) is 0 Å². The molecule has 2 saturated heterocycles. The van der Waals surface area contributed by atoms with E-state index in [1.54, 1.807) is 11.1 Å². The van der Waals surface area contributed by atoms with Crippen LogP contribution >= 0.6 is 0 Å². The van der Waals surface area contributed by atoms with Crippen LogP contribution in [0.4, 0.5) is 4.79 Å². The Morgan fingerprint density at radius 1 is 1.12 bits per heavy atom. The van der Waals surface area contributed by atoms with E-state index in [1.165, 1.54) is 0 Å². The summed E-state index contributed by atoms with van der Waals surface area (Å²) in [4.78, 5) is 51.3. The third-order valence-electron chi connectivity index (χ3n) is 7.72. The van der Waals surface area contributed by atoms with Crippen molar-refractivity contribution in [3.63, 3.8) is 0 Å². The fraction of sp³-hybridized carbons (Fsp3) is 0.806. The molecule has 0 bridgehead atoms. The smallest absolute Gasteiger partial charge is 0.410 e. The van der Waals surface area contributed by atoms with Gasteiger partial charge in [0.05, 0.1) is 31.4 Å². The maximum absolute atomic E-state index is 14.4. The van der Waals surface area contributed by atoms with Crippen LogP contribution in [0.15, 0.2) is 6.20 Å². The second kappa shape index (κ2) is 15.7. The van der Waals surface area contributed by atoms with E-state index in [9.17, 15) is 19.5 Å². The number of likely N-dealkylation sites (tertiary alicyclic amines) is 1. The van der Waals surface area contributed by atoms with Gasteiger partial charge in [0.2, 0.25) is 5.91 Å². The molecule has 0 aliphatic carbocycles. The summed E-state index contributed by atoms with van der Waals surface area (Å²) >= 11 is 0. The molecule has 238 valence electrons. The molecule has 0 radical (unpaired) electrons. The van der Waals surface area contributed by atoms with E-state index in [2.05, 4.69) is 25.8 Å². The molecule has 2 aliphatic heterocycles. The Morgan fingerprint density at radius 2 is 1.83 bits per heavy atom. The lowest BCUT2D eigenvalue weighted by molar-refractivity contribution is -0.142. The second-order valence-corrected chi connectivity index (χ2v) is 13.0. The van der Waals surface area contributed by atoms with Crippen LogP contribution in [0.2, 0.25) is 0 Å². The minimum absolute atomic E-state index is 0.00981. The van der Waals surface area contributed by atoms with Crippen LogP contribution in [0.25, 0.3) is 0 Å². The standard InChI is InChI=1S/C31H53N5O6/c1-7-8-11-27-32-19-26(35(27)12-9-10-15-37)29(39)36(20-23(2)3)25-18-24(28(38)33-13-16-41-17-14-33)21-34(22-25)30(40)42-31(4,5)6/h19,23-25,37H,7-18,20-22H2,1-6H3/t24-,25+/m1/s1. The lowest BCUT2D eigenvalue weighted by Crippen LogP contribution is -2.58. The highest BCUT2D eigenvalue weighted by molar-refractivity contribution is 5.93. The van der Waals surface area contributed by atoms with Crippen molar-refractivity contribution in [2.75, 3.05) is 52.5 Å². The average Bonchev–Trinajstić information content (AvgIpc) is 3.35. The molecule has 1 aromatic heterocycles. The number of aromatic nitrogens is 2. The third kappa shape index (κ3) is 9.42. The van der Waals surface area contributed by atoms with Gasteiger partial charge < -0.3 is 33.8 Å². The maximum Gasteiger partial charge on any atom is 0.410 e. The molecule has 42 heavy (non-hydrogen) atoms. The second-order valence-electron chi connectivity index (χ2n) is 13.0. The highest BCUT2D eigenvalue weighted by Gasteiger charge is 2.41. The van der Waals surface area contributed by atoms with Gasteiger partial charge in [0, 0.05) is 52.3 Å². The van der Waals surface area contributed by atoms with Crippen molar-refractivity contribution in [1.82, 2.24) is 24.3 Å². The van der Waals surface area contributed by atoms with E-state index in [1.807, 2.05) is 35.1 Å². The van der Waals surface area contributed by atoms with Crippen LogP contribution in [0, 0.1) is 11.8 Å². The summed E-state index contributed by atoms with van der Waals surface area (Å²) in [7, 11) is 0. The quantitative estimate of drug-likeness (QED) is 0.369. The Balaban J connectivity index is 1.95. The van der Waals surface area contributed by atoms with Crippen LogP contribution < -0.4 is 0 Å². The number of morpholine rings is 1. The zero-order chi connectivity index (χ0) is 30.9. The van der Waals surface area contributed by atoms with Crippen molar-refractivity contribution in [3.8, 4) is 0 Å². The Bertz CT molecular complexity index is 1030. The summed E-state index contributed by atoms with van der Waals surface area (Å²) in [6, 6.07) is -0.365. The number of amides is 3. The molecule has 1 N–H and O–H groups in total. The molecule has 0 aromatic carbocycles. The van der Waals surface area contributed by atoms with Crippen LogP contribution in [0.3, 0.4) is 0 Å². The summed E-state index contributed by atoms with van der Waals surface area (Å²) in [5, 5.41) is 9.37. The van der Waals surface area contributed by atoms with Gasteiger partial charge in [0.1, 0.15) is 17.1 Å². The van der Waals surface area contributed by atoms with Gasteiger partial charge in [-0.25, -0.2) is 9.78 Å². The lowest BCUT2D eigenvalue weighted by Gasteiger charge is -2.44. The van der Waals surface area contributed by atoms with Gasteiger partial charge in [-0.1, -0.05) is 27.2 Å². The molecule has 0 spiro atoms. The fourth-order valence-electron chi connectivity index (χ4n) is 5.68. The van der Waals surface area contributed by atoms with Gasteiger partial charge in [0.25, 0.3) is 5.91 Å². The first-order valence-electron chi connectivity index (χ1n) is 15.8. The van der Waals surface area contributed by atoms with Gasteiger partial charge in [-0.05, 0) is 52.4 Å². The lowest BCUT2D eigenvalue weighted by atomic mass is 9.91. The van der Waals surface area contributed by atoms with E-state index in [-0.39, 0.29) is 36.9 Å². The molecule has 0 unspecified atom stereocenters. The summed E-state index contributed by atoms with van der Waals surface area (Å²) in [6.07, 6.45) is 5.82. The largest absolute Gasteiger partial charge is 0.444 e. The number of ether oxygens (including phenoxy) is 2. The van der Waals surface area contributed by atoms with Gasteiger partial charge >= 0.3 is 6.09 Å². The average molecular weight is 592 g/mol. The van der Waals surface area contributed by atoms with Crippen LogP contribution in [0.5, 0.6) is 0 Å². The number of rotatable bonds is 12. The number of aliphatic hydroxyl groups excluding tert-OH is 1. The number of aliphatic hydroxyl groups is 1. The molecule has 3 heterocycles. The van der Waals surface area contributed by atoms with Crippen molar-refractivity contribution >= 4 is 17.9 Å². The number of nitrogens with zero attached hydrogens (tertiary/aromatic N) is 5. The molecule has 1 aromatic rings. The number of carbonyl (C=O) groups is 3. The zero-order valence-electron chi connectivity index (χ0n) is 26.6. The van der Waals surface area contributed by atoms with E-state index in [0.717, 1.165) is 31.5 Å². The van der Waals surface area contributed by atoms with Crippen molar-refractivity contribution in [2.24, 2.45) is 11.8 Å². The minimum atomic E-state index is -0.683. The van der Waals surface area contributed by atoms with Gasteiger partial charge in [-0.2, -0.15) is 0 Å². The zero-order valence-corrected chi connectivity index (χ0v) is 26.6. The molecular weight excluding hydrogens is 538 g/mol. The third-order valence-corrected chi connectivity index (χ3v) is 7.72. The monoisotopic (exact) mass is 591 g/mol. The molecule has 11 nitrogen and oxygen atoms in total. The number of hydrogen-bond acceptors (Lipinski definition) is 7. The highest BCUT2D eigenvalue weighted by Crippen LogP contribution is 2.27. The molecule has 2 aliphatic rings. The topological polar surface area (TPSA) is 117 Å². The summed E-state index contributed by atoms with van der Waals surface area (Å²) in [5.41, 5.74) is -0.165. The van der Waals surface area contributed by atoms with Crippen molar-refractivity contribution in [3.05, 3.63) is 17.7 Å². The summed E-state index contributed by atoms with van der Waals surface area (Å²) in [6.45, 7) is 15.5. The van der Waals surface area contributed by atoms with Crippen molar-refractivity contribution in [1.29, 1.82) is 0 Å². The highest BCUT2D eigenvalue weighted by atomic mass is 16.6. The molecule has 2 atom stereocenters. The van der Waals surface area contributed by atoms with Crippen molar-refractivity contribution < 1.29 is 29.0 Å². The van der Waals surface area contributed by atoms with Gasteiger partial charge in [0.15, 0.2) is 0 Å². The molecular formula is C31H53N5O6. The number of piperidine rings is 1. The Hall–Kier alpha value is -2.66. The number of carbonyl (C=O) groups excluding carboxylic acids is 3. The Morgan fingerprint density at radius 3 is 2.45 bits per heavy atom. The first kappa shape index (κ1) is 33.8. The molecule has 3 amide bonds. The first-order chi connectivity index (χ1) is 19.9. The molecule has 2 fully saturated rings. The Kier molecular flexibility index (Phi) is 12.7. The van der Waals surface area contributed by atoms with Crippen LogP contribution in [0.1, 0.15) is 90.0 Å². The fourth-order valence-corrected chi connectivity index (χ4v) is 5.68. The molecule has 3 rings (SSSR count). The number of unbranched alkanes of at least 4 members (excludes halogenated alkanes) is 2. The molecule has 11 heteroatoms. The van der Waals surface area contributed by atoms with E-state index in [4.69, 9.17) is 9.47 Å². The number of aryl methyl sites for hydroxylation is 1. The van der Waals surface area contributed by atoms with Crippen LogP contribution in [-0.4, -0.2) is 111 Å². The minimum Gasteiger partial charge on any atom is -0.444 e. The predicted octanol–water partition coefficient (Wildman–Crippen LogP) is 3.58. The maximum atomic E-state index is 14.4. The van der Waals surface area contributed by atoms with E-state index < -0.39 is 17.6 Å².